The number of guanidine groups is 2. The summed E-state index contributed by atoms with van der Waals surface area (Å²) in [6.45, 7) is 0. The second kappa shape index (κ2) is 4.41. The van der Waals surface area contributed by atoms with Crippen molar-refractivity contribution >= 4 is 29.3 Å². The zero-order valence-electron chi connectivity index (χ0n) is 9.69. The average molecular weight is 255 g/mol. The van der Waals surface area contributed by atoms with Crippen LogP contribution in [0.5, 0.6) is 0 Å². The van der Waals surface area contributed by atoms with Crippen LogP contribution in [0.2, 0.25) is 0 Å². The molecule has 8 heteroatoms. The number of amidine groups is 1. The lowest BCUT2D eigenvalue weighted by atomic mass is 10.2. The molecule has 1 atom stereocenters. The Morgan fingerprint density at radius 1 is 1.16 bits per heavy atom. The molecule has 0 aromatic heterocycles. The Morgan fingerprint density at radius 3 is 2.74 bits per heavy atom. The van der Waals surface area contributed by atoms with Gasteiger partial charge in [0.25, 0.3) is 11.9 Å². The van der Waals surface area contributed by atoms with Crippen LogP contribution in [-0.2, 0) is 4.79 Å². The van der Waals surface area contributed by atoms with Crippen molar-refractivity contribution < 1.29 is 4.79 Å². The Morgan fingerprint density at radius 2 is 1.95 bits per heavy atom. The molecule has 2 aliphatic rings. The summed E-state index contributed by atoms with van der Waals surface area (Å²) in [5.41, 5.74) is 6.10. The quantitative estimate of drug-likeness (QED) is 0.704. The first kappa shape index (κ1) is 11.2. The SMILES string of the molecule is NC1=NC2=NC(N=Nc3ccccc3)=NC2C(=O)N1. The third-order valence-electron chi connectivity index (χ3n) is 2.45. The zero-order chi connectivity index (χ0) is 13.2. The van der Waals surface area contributed by atoms with Crippen molar-refractivity contribution in [3.8, 4) is 0 Å². The third-order valence-corrected chi connectivity index (χ3v) is 2.45. The van der Waals surface area contributed by atoms with E-state index in [4.69, 9.17) is 5.73 Å². The van der Waals surface area contributed by atoms with E-state index in [0.29, 0.717) is 5.69 Å². The smallest absolute Gasteiger partial charge is 0.267 e. The summed E-state index contributed by atoms with van der Waals surface area (Å²) >= 11 is 0. The number of aliphatic imine (C=N–C) groups is 3. The summed E-state index contributed by atoms with van der Waals surface area (Å²) in [6, 6.07) is 8.37. The molecular weight excluding hydrogens is 246 g/mol. The third kappa shape index (κ3) is 2.23. The number of hydrogen-bond donors (Lipinski definition) is 2. The van der Waals surface area contributed by atoms with E-state index in [2.05, 4.69) is 30.5 Å². The average Bonchev–Trinajstić information content (AvgIpc) is 2.81. The first-order valence-corrected chi connectivity index (χ1v) is 5.50. The van der Waals surface area contributed by atoms with Gasteiger partial charge in [0.15, 0.2) is 11.9 Å². The number of carbonyl (C=O) groups is 1. The molecule has 0 spiro atoms. The zero-order valence-corrected chi connectivity index (χ0v) is 9.69. The maximum atomic E-state index is 11.6. The molecule has 2 aliphatic heterocycles. The molecule has 3 rings (SSSR count). The van der Waals surface area contributed by atoms with Crippen molar-refractivity contribution in [2.45, 2.75) is 6.04 Å². The minimum atomic E-state index is -0.781. The summed E-state index contributed by atoms with van der Waals surface area (Å²) < 4.78 is 0. The predicted octanol–water partition coefficient (Wildman–Crippen LogP) is 0.351. The van der Waals surface area contributed by atoms with Gasteiger partial charge in [-0.3, -0.25) is 10.1 Å². The van der Waals surface area contributed by atoms with Crippen LogP contribution in [0.25, 0.3) is 0 Å². The van der Waals surface area contributed by atoms with E-state index in [0.717, 1.165) is 0 Å². The molecule has 3 N–H and O–H groups in total. The number of fused-ring (bicyclic) bond motifs is 1. The highest BCUT2D eigenvalue weighted by Crippen LogP contribution is 2.14. The van der Waals surface area contributed by atoms with Crippen molar-refractivity contribution in [3.63, 3.8) is 0 Å². The molecule has 1 amide bonds. The minimum absolute atomic E-state index is 0.0106. The number of nitrogens with zero attached hydrogens (tertiary/aromatic N) is 5. The van der Waals surface area contributed by atoms with Crippen LogP contribution in [0, 0.1) is 0 Å². The standard InChI is InChI=1S/C11H9N7O/c12-10-14-8-7(9(19)16-10)13-11(15-8)18-17-6-4-2-1-3-5-6/h1-5,7H,(H3,12,13,14,15,16,19). The Balaban J connectivity index is 1.83. The molecule has 1 unspecified atom stereocenters. The van der Waals surface area contributed by atoms with Crippen molar-refractivity contribution in [3.05, 3.63) is 30.3 Å². The summed E-state index contributed by atoms with van der Waals surface area (Å²) in [7, 11) is 0. The summed E-state index contributed by atoms with van der Waals surface area (Å²) in [4.78, 5) is 23.5. The molecule has 19 heavy (non-hydrogen) atoms. The van der Waals surface area contributed by atoms with Gasteiger partial charge in [-0.1, -0.05) is 18.2 Å². The van der Waals surface area contributed by atoms with Crippen molar-refractivity contribution in [2.75, 3.05) is 0 Å². The highest BCUT2D eigenvalue weighted by molar-refractivity contribution is 6.24. The van der Waals surface area contributed by atoms with E-state index in [-0.39, 0.29) is 23.7 Å². The molecule has 0 fully saturated rings. The largest absolute Gasteiger partial charge is 0.369 e. The number of nitrogens with one attached hydrogen (secondary N) is 1. The fraction of sp³-hybridized carbons (Fsp3) is 0.0909. The number of azo groups is 1. The second-order valence-electron chi connectivity index (χ2n) is 3.82. The van der Waals surface area contributed by atoms with Gasteiger partial charge in [-0.2, -0.15) is 9.98 Å². The maximum absolute atomic E-state index is 11.6. The lowest BCUT2D eigenvalue weighted by Crippen LogP contribution is -2.49. The van der Waals surface area contributed by atoms with Gasteiger partial charge in [0, 0.05) is 0 Å². The first-order valence-electron chi connectivity index (χ1n) is 5.50. The van der Waals surface area contributed by atoms with Gasteiger partial charge in [-0.25, -0.2) is 4.99 Å². The second-order valence-corrected chi connectivity index (χ2v) is 3.82. The normalized spacial score (nSPS) is 21.6. The predicted molar refractivity (Wildman–Crippen MR) is 69.4 cm³/mol. The molecule has 0 saturated carbocycles. The van der Waals surface area contributed by atoms with E-state index < -0.39 is 6.04 Å². The van der Waals surface area contributed by atoms with Crippen LogP contribution in [0.4, 0.5) is 5.69 Å². The maximum Gasteiger partial charge on any atom is 0.267 e. The van der Waals surface area contributed by atoms with E-state index in [1.807, 2.05) is 18.2 Å². The van der Waals surface area contributed by atoms with Crippen LogP contribution in [-0.4, -0.2) is 29.7 Å². The number of nitrogens with two attached hydrogens (primary N) is 1. The van der Waals surface area contributed by atoms with Gasteiger partial charge in [-0.15, -0.1) is 10.2 Å². The van der Waals surface area contributed by atoms with Gasteiger partial charge in [0.05, 0.1) is 5.69 Å². The molecular formula is C11H9N7O. The minimum Gasteiger partial charge on any atom is -0.369 e. The lowest BCUT2D eigenvalue weighted by Gasteiger charge is -2.13. The molecule has 0 aliphatic carbocycles. The fourth-order valence-corrected chi connectivity index (χ4v) is 1.62. The highest BCUT2D eigenvalue weighted by atomic mass is 16.2. The molecule has 1 aromatic carbocycles. The van der Waals surface area contributed by atoms with E-state index >= 15 is 0 Å². The van der Waals surface area contributed by atoms with Crippen molar-refractivity contribution in [1.29, 1.82) is 0 Å². The monoisotopic (exact) mass is 255 g/mol. The van der Waals surface area contributed by atoms with Gasteiger partial charge < -0.3 is 5.73 Å². The molecule has 0 bridgehead atoms. The number of benzene rings is 1. The van der Waals surface area contributed by atoms with Gasteiger partial charge in [0.2, 0.25) is 5.96 Å². The Labute approximate surface area is 107 Å². The molecule has 8 nitrogen and oxygen atoms in total. The highest BCUT2D eigenvalue weighted by Gasteiger charge is 2.33. The molecule has 0 saturated heterocycles. The van der Waals surface area contributed by atoms with Gasteiger partial charge >= 0.3 is 0 Å². The molecule has 94 valence electrons. The van der Waals surface area contributed by atoms with E-state index in [1.54, 1.807) is 12.1 Å². The Hall–Kier alpha value is -2.90. The Kier molecular flexibility index (Phi) is 2.60. The number of rotatable bonds is 1. The van der Waals surface area contributed by atoms with Crippen molar-refractivity contribution in [1.82, 2.24) is 5.32 Å². The molecule has 2 heterocycles. The van der Waals surface area contributed by atoms with Crippen LogP contribution in [0.15, 0.2) is 55.5 Å². The summed E-state index contributed by atoms with van der Waals surface area (Å²) in [6.07, 6.45) is 0. The van der Waals surface area contributed by atoms with Crippen LogP contribution < -0.4 is 11.1 Å². The van der Waals surface area contributed by atoms with Gasteiger partial charge in [-0.05, 0) is 12.1 Å². The number of hydrogen-bond acceptors (Lipinski definition) is 7. The summed E-state index contributed by atoms with van der Waals surface area (Å²) in [5.74, 6) is -0.00618. The van der Waals surface area contributed by atoms with E-state index in [9.17, 15) is 4.79 Å². The number of amides is 1. The number of carbonyl (C=O) groups excluding carboxylic acids is 1. The fourth-order valence-electron chi connectivity index (χ4n) is 1.62. The summed E-state index contributed by atoms with van der Waals surface area (Å²) in [5, 5.41) is 10.2. The van der Waals surface area contributed by atoms with Crippen LogP contribution in [0.3, 0.4) is 0 Å². The van der Waals surface area contributed by atoms with E-state index in [1.165, 1.54) is 0 Å². The van der Waals surface area contributed by atoms with Crippen molar-refractivity contribution in [2.24, 2.45) is 30.9 Å². The molecule has 1 aromatic rings. The lowest BCUT2D eigenvalue weighted by molar-refractivity contribution is -0.119. The van der Waals surface area contributed by atoms with Gasteiger partial charge in [0.1, 0.15) is 0 Å². The topological polar surface area (TPSA) is 117 Å². The van der Waals surface area contributed by atoms with Crippen LogP contribution in [0.1, 0.15) is 0 Å². The first-order chi connectivity index (χ1) is 9.22. The Bertz CT molecular complexity index is 644. The molecule has 0 radical (unpaired) electrons. The van der Waals surface area contributed by atoms with Crippen LogP contribution >= 0.6 is 0 Å².